The Morgan fingerprint density at radius 2 is 2.15 bits per heavy atom. The molecular formula is C7H16BrNO3S. The van der Waals surface area contributed by atoms with Crippen LogP contribution in [0.2, 0.25) is 0 Å². The number of methoxy groups -OCH3 is 1. The molecule has 1 unspecified atom stereocenters. The van der Waals surface area contributed by atoms with Crippen LogP contribution < -0.4 is 4.72 Å². The maximum absolute atomic E-state index is 11.2. The predicted molar refractivity (Wildman–Crippen MR) is 56.7 cm³/mol. The van der Waals surface area contributed by atoms with Gasteiger partial charge in [0, 0.05) is 13.7 Å². The number of hydrogen-bond donors (Lipinski definition) is 1. The van der Waals surface area contributed by atoms with Gasteiger partial charge in [-0.15, -0.1) is 0 Å². The van der Waals surface area contributed by atoms with E-state index in [2.05, 4.69) is 20.7 Å². The molecule has 0 aliphatic heterocycles. The third-order valence-corrected chi connectivity index (χ3v) is 3.49. The molecule has 0 amide bonds. The van der Waals surface area contributed by atoms with E-state index in [0.29, 0.717) is 19.6 Å². The highest BCUT2D eigenvalue weighted by atomic mass is 79.9. The van der Waals surface area contributed by atoms with Gasteiger partial charge in [0.25, 0.3) is 0 Å². The van der Waals surface area contributed by atoms with Crippen LogP contribution in [0.4, 0.5) is 0 Å². The highest BCUT2D eigenvalue weighted by Gasteiger charge is 2.11. The molecule has 0 heterocycles. The third kappa shape index (κ3) is 7.42. The summed E-state index contributed by atoms with van der Waals surface area (Å²) >= 11 is 3.29. The molecule has 0 aromatic heterocycles. The number of rotatable bonds is 7. The van der Waals surface area contributed by atoms with Gasteiger partial charge >= 0.3 is 0 Å². The lowest BCUT2D eigenvalue weighted by Gasteiger charge is -2.09. The van der Waals surface area contributed by atoms with E-state index >= 15 is 0 Å². The van der Waals surface area contributed by atoms with Gasteiger partial charge < -0.3 is 4.74 Å². The zero-order chi connectivity index (χ0) is 10.3. The molecule has 0 aliphatic carbocycles. The number of nitrogens with one attached hydrogen (secondary N) is 1. The smallest absolute Gasteiger partial charge is 0.211 e. The summed E-state index contributed by atoms with van der Waals surface area (Å²) in [5.41, 5.74) is 0. The lowest BCUT2D eigenvalue weighted by molar-refractivity contribution is 0.201. The molecule has 0 aromatic carbocycles. The molecule has 0 saturated heterocycles. The number of alkyl halides is 1. The van der Waals surface area contributed by atoms with Gasteiger partial charge in [-0.25, -0.2) is 13.1 Å². The van der Waals surface area contributed by atoms with Crippen LogP contribution in [0.15, 0.2) is 0 Å². The van der Waals surface area contributed by atoms with E-state index in [1.165, 1.54) is 0 Å². The highest BCUT2D eigenvalue weighted by molar-refractivity contribution is 9.09. The first-order chi connectivity index (χ1) is 6.02. The lowest BCUT2D eigenvalue weighted by atomic mass is 10.5. The molecule has 6 heteroatoms. The Kier molecular flexibility index (Phi) is 6.93. The molecule has 13 heavy (non-hydrogen) atoms. The summed E-state index contributed by atoms with van der Waals surface area (Å²) in [7, 11) is -1.50. The molecule has 0 aromatic rings. The fraction of sp³-hybridized carbons (Fsp3) is 1.00. The van der Waals surface area contributed by atoms with Crippen molar-refractivity contribution >= 4 is 26.0 Å². The monoisotopic (exact) mass is 273 g/mol. The average molecular weight is 274 g/mol. The Morgan fingerprint density at radius 1 is 1.54 bits per heavy atom. The Balaban J connectivity index is 3.74. The maximum atomic E-state index is 11.2. The molecule has 0 saturated carbocycles. The van der Waals surface area contributed by atoms with Gasteiger partial charge in [0.1, 0.15) is 0 Å². The second kappa shape index (κ2) is 6.75. The quantitative estimate of drug-likeness (QED) is 0.696. The van der Waals surface area contributed by atoms with Crippen molar-refractivity contribution in [3.8, 4) is 0 Å². The normalized spacial score (nSPS) is 14.4. The van der Waals surface area contributed by atoms with Gasteiger partial charge in [0.2, 0.25) is 10.0 Å². The molecule has 0 bridgehead atoms. The van der Waals surface area contributed by atoms with Crippen molar-refractivity contribution in [1.29, 1.82) is 0 Å². The summed E-state index contributed by atoms with van der Waals surface area (Å²) in [6.45, 7) is 2.70. The van der Waals surface area contributed by atoms with Gasteiger partial charge in [-0.2, -0.15) is 0 Å². The summed E-state index contributed by atoms with van der Waals surface area (Å²) in [6.07, 6.45) is 0.632. The number of halogens is 1. The minimum absolute atomic E-state index is 0.0316. The molecule has 1 atom stereocenters. The van der Waals surface area contributed by atoms with E-state index in [9.17, 15) is 8.42 Å². The molecule has 4 nitrogen and oxygen atoms in total. The van der Waals surface area contributed by atoms with Crippen molar-refractivity contribution < 1.29 is 13.2 Å². The minimum atomic E-state index is -3.08. The summed E-state index contributed by atoms with van der Waals surface area (Å²) in [5, 5.41) is 0. The molecular weight excluding hydrogens is 258 g/mol. The van der Waals surface area contributed by atoms with Crippen molar-refractivity contribution in [2.75, 3.05) is 26.0 Å². The summed E-state index contributed by atoms with van der Waals surface area (Å²) < 4.78 is 29.7. The second-order valence-corrected chi connectivity index (χ2v) is 5.94. The third-order valence-electron chi connectivity index (χ3n) is 1.35. The van der Waals surface area contributed by atoms with Crippen LogP contribution in [0.1, 0.15) is 13.3 Å². The molecule has 0 radical (unpaired) electrons. The van der Waals surface area contributed by atoms with Gasteiger partial charge in [-0.05, 0) is 6.42 Å². The van der Waals surface area contributed by atoms with Gasteiger partial charge in [0.05, 0.1) is 17.2 Å². The summed E-state index contributed by atoms with van der Waals surface area (Å²) in [4.78, 5) is 0.0316. The van der Waals surface area contributed by atoms with Crippen molar-refractivity contribution in [3.05, 3.63) is 0 Å². The molecule has 0 rings (SSSR count). The predicted octanol–water partition coefficient (Wildman–Crippen LogP) is 0.726. The largest absolute Gasteiger partial charge is 0.383 e. The van der Waals surface area contributed by atoms with Gasteiger partial charge in [-0.1, -0.05) is 22.9 Å². The zero-order valence-electron chi connectivity index (χ0n) is 7.92. The van der Waals surface area contributed by atoms with Crippen molar-refractivity contribution in [2.45, 2.75) is 18.2 Å². The van der Waals surface area contributed by atoms with Crippen LogP contribution in [-0.2, 0) is 14.8 Å². The SMILES string of the molecule is CCCS(=O)(=O)NCC(Br)COC. The van der Waals surface area contributed by atoms with Crippen LogP contribution in [0.5, 0.6) is 0 Å². The van der Waals surface area contributed by atoms with Crippen LogP contribution in [0, 0.1) is 0 Å². The Morgan fingerprint density at radius 3 is 2.62 bits per heavy atom. The maximum Gasteiger partial charge on any atom is 0.211 e. The van der Waals surface area contributed by atoms with E-state index in [4.69, 9.17) is 4.74 Å². The molecule has 1 N–H and O–H groups in total. The summed E-state index contributed by atoms with van der Waals surface area (Å²) in [6, 6.07) is 0. The first-order valence-corrected chi connectivity index (χ1v) is 6.69. The summed E-state index contributed by atoms with van der Waals surface area (Å²) in [5.74, 6) is 0.180. The Labute approximate surface area is 88.2 Å². The van der Waals surface area contributed by atoms with Crippen LogP contribution in [0.3, 0.4) is 0 Å². The van der Waals surface area contributed by atoms with E-state index in [0.717, 1.165) is 0 Å². The minimum Gasteiger partial charge on any atom is -0.383 e. The fourth-order valence-corrected chi connectivity index (χ4v) is 2.58. The first kappa shape index (κ1) is 13.4. The van der Waals surface area contributed by atoms with Crippen LogP contribution in [-0.4, -0.2) is 39.3 Å². The van der Waals surface area contributed by atoms with Crippen molar-refractivity contribution in [2.24, 2.45) is 0 Å². The standard InChI is InChI=1S/C7H16BrNO3S/c1-3-4-13(10,11)9-5-7(8)6-12-2/h7,9H,3-6H2,1-2H3. The molecule has 0 fully saturated rings. The van der Waals surface area contributed by atoms with E-state index < -0.39 is 10.0 Å². The fourth-order valence-electron chi connectivity index (χ4n) is 0.798. The zero-order valence-corrected chi connectivity index (χ0v) is 10.3. The van der Waals surface area contributed by atoms with Crippen LogP contribution >= 0.6 is 15.9 Å². The van der Waals surface area contributed by atoms with Crippen molar-refractivity contribution in [3.63, 3.8) is 0 Å². The second-order valence-electron chi connectivity index (χ2n) is 2.72. The van der Waals surface area contributed by atoms with Crippen LogP contribution in [0.25, 0.3) is 0 Å². The van der Waals surface area contributed by atoms with E-state index in [1.54, 1.807) is 7.11 Å². The topological polar surface area (TPSA) is 55.4 Å². The molecule has 0 spiro atoms. The van der Waals surface area contributed by atoms with E-state index in [-0.39, 0.29) is 10.6 Å². The van der Waals surface area contributed by atoms with Crippen molar-refractivity contribution in [1.82, 2.24) is 4.72 Å². The first-order valence-electron chi connectivity index (χ1n) is 4.12. The lowest BCUT2D eigenvalue weighted by Crippen LogP contribution is -2.32. The Bertz CT molecular complexity index is 218. The van der Waals surface area contributed by atoms with Gasteiger partial charge in [0.15, 0.2) is 0 Å². The Hall–Kier alpha value is 0.350. The highest BCUT2D eigenvalue weighted by Crippen LogP contribution is 1.99. The van der Waals surface area contributed by atoms with E-state index in [1.807, 2.05) is 6.92 Å². The number of hydrogen-bond acceptors (Lipinski definition) is 3. The van der Waals surface area contributed by atoms with Gasteiger partial charge in [-0.3, -0.25) is 0 Å². The average Bonchev–Trinajstić information content (AvgIpc) is 2.02. The molecule has 0 aliphatic rings. The number of sulfonamides is 1. The molecule has 80 valence electrons. The number of ether oxygens (including phenoxy) is 1.